The Labute approximate surface area is 238 Å². The Balaban J connectivity index is 1.35. The number of carbonyl (C=O) groups is 2. The molecule has 1 radical (unpaired) electrons. The standard InChI is InChI=1S/C33H29N6O2/c34-19-24-13-15-25(16-14-24)22-38-23-35-20-27(38)21-36-33(41)39-29-12-6-5-11-28(29)30(26-9-3-1-4-10-26)31(39)32(40)37-17-7-2-8-18-37/h1,3-4,6,9-16,20,23H,2,7-8,17-18,21-22H2,(H,36,41). The van der Waals surface area contributed by atoms with E-state index < -0.39 is 0 Å². The minimum atomic E-state index is -0.380. The maximum Gasteiger partial charge on any atom is 0.327 e. The van der Waals surface area contributed by atoms with Crippen molar-refractivity contribution in [3.8, 4) is 17.2 Å². The summed E-state index contributed by atoms with van der Waals surface area (Å²) < 4.78 is 3.49. The first-order chi connectivity index (χ1) is 20.1. The van der Waals surface area contributed by atoms with Gasteiger partial charge in [0, 0.05) is 36.8 Å². The maximum atomic E-state index is 14.1. The molecule has 0 spiro atoms. The Morgan fingerprint density at radius 1 is 1.00 bits per heavy atom. The molecule has 8 heteroatoms. The number of hydrogen-bond donors (Lipinski definition) is 1. The highest BCUT2D eigenvalue weighted by Crippen LogP contribution is 2.36. The zero-order valence-corrected chi connectivity index (χ0v) is 22.6. The van der Waals surface area contributed by atoms with Crippen LogP contribution in [0.1, 0.15) is 46.6 Å². The fraction of sp³-hybridized carbons (Fsp3) is 0.212. The van der Waals surface area contributed by atoms with Gasteiger partial charge in [-0.25, -0.2) is 9.78 Å². The molecule has 1 aliphatic rings. The Bertz CT molecular complexity index is 1740. The molecule has 0 saturated carbocycles. The average Bonchev–Trinajstić information content (AvgIpc) is 3.62. The highest BCUT2D eigenvalue weighted by Gasteiger charge is 2.30. The molecule has 41 heavy (non-hydrogen) atoms. The Kier molecular flexibility index (Phi) is 7.33. The number of rotatable bonds is 6. The number of imidazole rings is 1. The van der Waals surface area contributed by atoms with Crippen molar-refractivity contribution >= 4 is 22.8 Å². The fourth-order valence-corrected chi connectivity index (χ4v) is 5.50. The van der Waals surface area contributed by atoms with Crippen molar-refractivity contribution in [1.29, 1.82) is 5.26 Å². The van der Waals surface area contributed by atoms with Gasteiger partial charge in [-0.1, -0.05) is 48.5 Å². The molecule has 1 aliphatic heterocycles. The van der Waals surface area contributed by atoms with E-state index in [9.17, 15) is 9.59 Å². The summed E-state index contributed by atoms with van der Waals surface area (Å²) in [4.78, 5) is 34.2. The van der Waals surface area contributed by atoms with Crippen LogP contribution in [0.5, 0.6) is 0 Å². The number of likely N-dealkylation sites (tertiary alicyclic amines) is 1. The SMILES string of the molecule is N#Cc1ccc(Cn2cncc2CNC(=O)n2c(C(=O)N3CCCCC3)c(-c3ccccc3)c3c[c]ccc32)cc1. The summed E-state index contributed by atoms with van der Waals surface area (Å²) in [5, 5.41) is 12.9. The van der Waals surface area contributed by atoms with Crippen molar-refractivity contribution in [2.24, 2.45) is 0 Å². The van der Waals surface area contributed by atoms with Crippen molar-refractivity contribution in [3.05, 3.63) is 114 Å². The fourth-order valence-electron chi connectivity index (χ4n) is 5.50. The second-order valence-corrected chi connectivity index (χ2v) is 10.2. The highest BCUT2D eigenvalue weighted by atomic mass is 16.2. The lowest BCUT2D eigenvalue weighted by molar-refractivity contribution is 0.0716. The first kappa shape index (κ1) is 26.1. The molecule has 1 saturated heterocycles. The molecule has 1 N–H and O–H groups in total. The molecule has 8 nitrogen and oxygen atoms in total. The van der Waals surface area contributed by atoms with Crippen molar-refractivity contribution in [2.45, 2.75) is 32.4 Å². The number of carbonyl (C=O) groups excluding carboxylic acids is 2. The van der Waals surface area contributed by atoms with E-state index in [-0.39, 0.29) is 18.5 Å². The van der Waals surface area contributed by atoms with E-state index in [1.54, 1.807) is 30.7 Å². The van der Waals surface area contributed by atoms with Gasteiger partial charge in [0.15, 0.2) is 0 Å². The lowest BCUT2D eigenvalue weighted by Gasteiger charge is -2.27. The zero-order valence-electron chi connectivity index (χ0n) is 22.6. The third-order valence-electron chi connectivity index (χ3n) is 7.58. The summed E-state index contributed by atoms with van der Waals surface area (Å²) in [6.07, 6.45) is 6.46. The molecule has 0 unspecified atom stereocenters. The molecule has 0 bridgehead atoms. The quantitative estimate of drug-likeness (QED) is 0.302. The van der Waals surface area contributed by atoms with Crippen molar-refractivity contribution < 1.29 is 9.59 Å². The highest BCUT2D eigenvalue weighted by molar-refractivity contribution is 6.14. The van der Waals surface area contributed by atoms with Crippen LogP contribution in [0.3, 0.4) is 0 Å². The van der Waals surface area contributed by atoms with Crippen LogP contribution in [0.25, 0.3) is 22.0 Å². The first-order valence-electron chi connectivity index (χ1n) is 13.8. The van der Waals surface area contributed by atoms with Crippen LogP contribution < -0.4 is 5.32 Å². The molecule has 0 atom stereocenters. The molecule has 203 valence electrons. The van der Waals surface area contributed by atoms with Gasteiger partial charge in [-0.2, -0.15) is 5.26 Å². The number of piperidine rings is 1. The van der Waals surface area contributed by atoms with Gasteiger partial charge >= 0.3 is 6.03 Å². The molecule has 6 rings (SSSR count). The number of fused-ring (bicyclic) bond motifs is 1. The Hall–Kier alpha value is -5.16. The summed E-state index contributed by atoms with van der Waals surface area (Å²) in [6, 6.07) is 27.5. The molecule has 3 heterocycles. The van der Waals surface area contributed by atoms with Crippen LogP contribution in [0.4, 0.5) is 4.79 Å². The van der Waals surface area contributed by atoms with Crippen LogP contribution in [0.2, 0.25) is 0 Å². The lowest BCUT2D eigenvalue weighted by atomic mass is 10.0. The number of aromatic nitrogens is 3. The average molecular weight is 542 g/mol. The molecule has 1 fully saturated rings. The van der Waals surface area contributed by atoms with Crippen LogP contribution in [-0.2, 0) is 13.1 Å². The minimum Gasteiger partial charge on any atom is -0.337 e. The summed E-state index contributed by atoms with van der Waals surface area (Å²) in [6.45, 7) is 2.13. The number of benzene rings is 3. The van der Waals surface area contributed by atoms with Gasteiger partial charge in [-0.15, -0.1) is 0 Å². The van der Waals surface area contributed by atoms with Crippen LogP contribution in [0.15, 0.2) is 85.3 Å². The first-order valence-corrected chi connectivity index (χ1v) is 13.8. The normalized spacial score (nSPS) is 13.2. The smallest absolute Gasteiger partial charge is 0.327 e. The topological polar surface area (TPSA) is 96.0 Å². The van der Waals surface area contributed by atoms with Crippen molar-refractivity contribution in [2.75, 3.05) is 13.1 Å². The summed E-state index contributed by atoms with van der Waals surface area (Å²) in [7, 11) is 0. The predicted octanol–water partition coefficient (Wildman–Crippen LogP) is 5.61. The van der Waals surface area contributed by atoms with Crippen LogP contribution in [0, 0.1) is 17.4 Å². The van der Waals surface area contributed by atoms with Gasteiger partial charge in [0.05, 0.1) is 35.7 Å². The van der Waals surface area contributed by atoms with E-state index in [1.165, 1.54) is 4.57 Å². The largest absolute Gasteiger partial charge is 0.337 e. The van der Waals surface area contributed by atoms with Gasteiger partial charge in [-0.05, 0) is 60.7 Å². The van der Waals surface area contributed by atoms with Gasteiger partial charge in [0.2, 0.25) is 0 Å². The number of hydrogen-bond acceptors (Lipinski definition) is 4. The predicted molar refractivity (Wildman–Crippen MR) is 156 cm³/mol. The van der Waals surface area contributed by atoms with Crippen LogP contribution in [-0.4, -0.2) is 44.0 Å². The zero-order chi connectivity index (χ0) is 28.2. The lowest BCUT2D eigenvalue weighted by Crippen LogP contribution is -2.39. The molecule has 5 aromatic rings. The monoisotopic (exact) mass is 541 g/mol. The maximum absolute atomic E-state index is 14.1. The molecular weight excluding hydrogens is 512 g/mol. The third kappa shape index (κ3) is 5.22. The van der Waals surface area contributed by atoms with E-state index in [1.807, 2.05) is 64.1 Å². The minimum absolute atomic E-state index is 0.138. The molecule has 2 aromatic heterocycles. The number of nitrogens with one attached hydrogen (secondary N) is 1. The number of nitrogens with zero attached hydrogens (tertiary/aromatic N) is 5. The van der Waals surface area contributed by atoms with E-state index in [0.29, 0.717) is 36.4 Å². The summed E-state index contributed by atoms with van der Waals surface area (Å²) >= 11 is 0. The van der Waals surface area contributed by atoms with E-state index >= 15 is 0 Å². The van der Waals surface area contributed by atoms with Crippen LogP contribution >= 0.6 is 0 Å². The van der Waals surface area contributed by atoms with Crippen molar-refractivity contribution in [3.63, 3.8) is 0 Å². The second kappa shape index (κ2) is 11.5. The van der Waals surface area contributed by atoms with Crippen molar-refractivity contribution in [1.82, 2.24) is 24.3 Å². The van der Waals surface area contributed by atoms with Gasteiger partial charge in [0.25, 0.3) is 5.91 Å². The third-order valence-corrected chi connectivity index (χ3v) is 7.58. The summed E-state index contributed by atoms with van der Waals surface area (Å²) in [5.74, 6) is -0.138. The second-order valence-electron chi connectivity index (χ2n) is 10.2. The van der Waals surface area contributed by atoms with E-state index in [0.717, 1.165) is 47.0 Å². The molecule has 2 amide bonds. The van der Waals surface area contributed by atoms with E-state index in [4.69, 9.17) is 5.26 Å². The van der Waals surface area contributed by atoms with Gasteiger partial charge < -0.3 is 14.8 Å². The summed E-state index contributed by atoms with van der Waals surface area (Å²) in [5.41, 5.74) is 5.10. The van der Waals surface area contributed by atoms with E-state index in [2.05, 4.69) is 22.4 Å². The number of amides is 2. The molecule has 0 aliphatic carbocycles. The Morgan fingerprint density at radius 3 is 2.54 bits per heavy atom. The molecule has 3 aromatic carbocycles. The number of nitriles is 1. The van der Waals surface area contributed by atoms with Gasteiger partial charge in [-0.3, -0.25) is 9.36 Å². The molecular formula is C33H29N6O2. The van der Waals surface area contributed by atoms with Gasteiger partial charge in [0.1, 0.15) is 5.69 Å². The Morgan fingerprint density at radius 2 is 1.78 bits per heavy atom.